The van der Waals surface area contributed by atoms with Gasteiger partial charge in [-0.2, -0.15) is 10.5 Å². The Kier molecular flexibility index (Phi) is 4.18. The van der Waals surface area contributed by atoms with Crippen LogP contribution in [0.5, 0.6) is 0 Å². The molecule has 2 aromatic rings. The summed E-state index contributed by atoms with van der Waals surface area (Å²) in [7, 11) is 0. The van der Waals surface area contributed by atoms with E-state index in [1.54, 1.807) is 24.3 Å². The first-order valence-electron chi connectivity index (χ1n) is 5.86. The summed E-state index contributed by atoms with van der Waals surface area (Å²) in [4.78, 5) is 0. The Balaban J connectivity index is 2.39. The maximum Gasteiger partial charge on any atom is 0.0912 e. The molecule has 3 heteroatoms. The number of hydrogen-bond donors (Lipinski definition) is 0. The molecule has 2 nitrogen and oxygen atoms in total. The summed E-state index contributed by atoms with van der Waals surface area (Å²) in [5.41, 5.74) is 1.66. The summed E-state index contributed by atoms with van der Waals surface area (Å²) in [5, 5.41) is 19.4. The summed E-state index contributed by atoms with van der Waals surface area (Å²) >= 11 is 5.84. The minimum absolute atomic E-state index is 0.479. The Morgan fingerprint density at radius 1 is 0.737 bits per heavy atom. The van der Waals surface area contributed by atoms with Crippen LogP contribution in [0.1, 0.15) is 23.0 Å². The van der Waals surface area contributed by atoms with Crippen molar-refractivity contribution in [2.75, 3.05) is 0 Å². The molecular formula is C16H11ClN2. The fourth-order valence-electron chi connectivity index (χ4n) is 2.01. The molecule has 0 aliphatic rings. The molecule has 2 rings (SSSR count). The molecule has 92 valence electrons. The number of nitriles is 2. The second-order valence-electron chi connectivity index (χ2n) is 4.18. The van der Waals surface area contributed by atoms with E-state index in [4.69, 9.17) is 11.6 Å². The standard InChI is InChI=1S/C16H11ClN2/c17-14-8-6-13(7-9-14)16(11-19)15(10-18)12-4-2-1-3-5-12/h1-9,15-16H. The number of halogens is 1. The summed E-state index contributed by atoms with van der Waals surface area (Å²) in [6, 6.07) is 20.9. The highest BCUT2D eigenvalue weighted by molar-refractivity contribution is 6.30. The summed E-state index contributed by atoms with van der Waals surface area (Å²) in [5.74, 6) is -0.975. The Labute approximate surface area is 117 Å². The van der Waals surface area contributed by atoms with Gasteiger partial charge in [0.1, 0.15) is 0 Å². The van der Waals surface area contributed by atoms with E-state index in [0.717, 1.165) is 11.1 Å². The van der Waals surface area contributed by atoms with Crippen molar-refractivity contribution < 1.29 is 0 Å². The number of hydrogen-bond acceptors (Lipinski definition) is 2. The highest BCUT2D eigenvalue weighted by Crippen LogP contribution is 2.32. The van der Waals surface area contributed by atoms with E-state index in [1.807, 2.05) is 30.3 Å². The topological polar surface area (TPSA) is 47.6 Å². The normalized spacial score (nSPS) is 13.0. The zero-order valence-corrected chi connectivity index (χ0v) is 10.9. The lowest BCUT2D eigenvalue weighted by Gasteiger charge is -2.16. The van der Waals surface area contributed by atoms with Crippen LogP contribution < -0.4 is 0 Å². The lowest BCUT2D eigenvalue weighted by Crippen LogP contribution is -2.08. The minimum atomic E-state index is -0.496. The molecule has 0 amide bonds. The van der Waals surface area contributed by atoms with Gasteiger partial charge in [-0.1, -0.05) is 54.1 Å². The second-order valence-corrected chi connectivity index (χ2v) is 4.61. The monoisotopic (exact) mass is 266 g/mol. The molecular weight excluding hydrogens is 256 g/mol. The van der Waals surface area contributed by atoms with Crippen LogP contribution in [-0.2, 0) is 0 Å². The smallest absolute Gasteiger partial charge is 0.0912 e. The Hall–Kier alpha value is -2.29. The van der Waals surface area contributed by atoms with E-state index >= 15 is 0 Å². The van der Waals surface area contributed by atoms with Crippen molar-refractivity contribution in [2.45, 2.75) is 11.8 Å². The number of nitrogens with zero attached hydrogens (tertiary/aromatic N) is 2. The van der Waals surface area contributed by atoms with Crippen LogP contribution in [0.4, 0.5) is 0 Å². The van der Waals surface area contributed by atoms with Gasteiger partial charge in [0.25, 0.3) is 0 Å². The van der Waals surface area contributed by atoms with Crippen LogP contribution >= 0.6 is 11.6 Å². The molecule has 0 saturated carbocycles. The van der Waals surface area contributed by atoms with E-state index in [1.165, 1.54) is 0 Å². The average Bonchev–Trinajstić information content (AvgIpc) is 2.47. The van der Waals surface area contributed by atoms with Crippen molar-refractivity contribution >= 4 is 11.6 Å². The van der Waals surface area contributed by atoms with E-state index in [0.29, 0.717) is 5.02 Å². The van der Waals surface area contributed by atoms with Crippen molar-refractivity contribution in [3.8, 4) is 12.1 Å². The predicted molar refractivity (Wildman–Crippen MR) is 74.6 cm³/mol. The zero-order valence-electron chi connectivity index (χ0n) is 10.1. The van der Waals surface area contributed by atoms with E-state index in [-0.39, 0.29) is 0 Å². The van der Waals surface area contributed by atoms with Gasteiger partial charge in [-0.25, -0.2) is 0 Å². The fraction of sp³-hybridized carbons (Fsp3) is 0.125. The first-order chi connectivity index (χ1) is 9.26. The Morgan fingerprint density at radius 2 is 1.21 bits per heavy atom. The van der Waals surface area contributed by atoms with Crippen molar-refractivity contribution in [1.29, 1.82) is 10.5 Å². The van der Waals surface area contributed by atoms with Crippen LogP contribution in [0.3, 0.4) is 0 Å². The highest BCUT2D eigenvalue weighted by atomic mass is 35.5. The van der Waals surface area contributed by atoms with Gasteiger partial charge >= 0.3 is 0 Å². The van der Waals surface area contributed by atoms with Gasteiger partial charge in [0.15, 0.2) is 0 Å². The van der Waals surface area contributed by atoms with Crippen LogP contribution in [0.2, 0.25) is 5.02 Å². The largest absolute Gasteiger partial charge is 0.198 e. The van der Waals surface area contributed by atoms with E-state index in [9.17, 15) is 10.5 Å². The van der Waals surface area contributed by atoms with E-state index < -0.39 is 11.8 Å². The Morgan fingerprint density at radius 3 is 1.68 bits per heavy atom. The second kappa shape index (κ2) is 6.05. The lowest BCUT2D eigenvalue weighted by atomic mass is 9.83. The average molecular weight is 267 g/mol. The molecule has 0 N–H and O–H groups in total. The maximum absolute atomic E-state index is 9.38. The molecule has 0 spiro atoms. The zero-order chi connectivity index (χ0) is 13.7. The first kappa shape index (κ1) is 13.1. The quantitative estimate of drug-likeness (QED) is 0.833. The third-order valence-electron chi connectivity index (χ3n) is 3.00. The predicted octanol–water partition coefficient (Wildman–Crippen LogP) is 4.25. The Bertz CT molecular complexity index is 621. The molecule has 0 aliphatic carbocycles. The van der Waals surface area contributed by atoms with Crippen molar-refractivity contribution in [1.82, 2.24) is 0 Å². The summed E-state index contributed by atoms with van der Waals surface area (Å²) in [6.45, 7) is 0. The number of rotatable bonds is 3. The van der Waals surface area contributed by atoms with Crippen LogP contribution in [0, 0.1) is 22.7 Å². The maximum atomic E-state index is 9.38. The molecule has 2 aromatic carbocycles. The fourth-order valence-corrected chi connectivity index (χ4v) is 2.14. The third kappa shape index (κ3) is 2.94. The van der Waals surface area contributed by atoms with Gasteiger partial charge in [0.05, 0.1) is 24.0 Å². The van der Waals surface area contributed by atoms with Gasteiger partial charge in [-0.15, -0.1) is 0 Å². The molecule has 2 unspecified atom stereocenters. The van der Waals surface area contributed by atoms with Crippen LogP contribution in [0.25, 0.3) is 0 Å². The SMILES string of the molecule is N#CC(c1ccccc1)C(C#N)c1ccc(Cl)cc1. The van der Waals surface area contributed by atoms with Gasteiger partial charge in [0.2, 0.25) is 0 Å². The van der Waals surface area contributed by atoms with Gasteiger partial charge in [-0.05, 0) is 23.3 Å². The van der Waals surface area contributed by atoms with E-state index in [2.05, 4.69) is 12.1 Å². The molecule has 0 fully saturated rings. The highest BCUT2D eigenvalue weighted by Gasteiger charge is 2.24. The van der Waals surface area contributed by atoms with Crippen molar-refractivity contribution in [2.24, 2.45) is 0 Å². The summed E-state index contributed by atoms with van der Waals surface area (Å²) in [6.07, 6.45) is 0. The first-order valence-corrected chi connectivity index (χ1v) is 6.23. The molecule has 0 aliphatic heterocycles. The molecule has 0 saturated heterocycles. The molecule has 2 atom stereocenters. The molecule has 0 heterocycles. The molecule has 0 aromatic heterocycles. The minimum Gasteiger partial charge on any atom is -0.198 e. The van der Waals surface area contributed by atoms with Crippen molar-refractivity contribution in [3.05, 3.63) is 70.7 Å². The van der Waals surface area contributed by atoms with Crippen LogP contribution in [-0.4, -0.2) is 0 Å². The third-order valence-corrected chi connectivity index (χ3v) is 3.25. The van der Waals surface area contributed by atoms with Crippen molar-refractivity contribution in [3.63, 3.8) is 0 Å². The van der Waals surface area contributed by atoms with Gasteiger partial charge in [-0.3, -0.25) is 0 Å². The van der Waals surface area contributed by atoms with Crippen LogP contribution in [0.15, 0.2) is 54.6 Å². The number of benzene rings is 2. The molecule has 0 bridgehead atoms. The molecule has 0 radical (unpaired) electrons. The lowest BCUT2D eigenvalue weighted by molar-refractivity contribution is 0.761. The van der Waals surface area contributed by atoms with Gasteiger partial charge < -0.3 is 0 Å². The van der Waals surface area contributed by atoms with Gasteiger partial charge in [0, 0.05) is 5.02 Å². The molecule has 19 heavy (non-hydrogen) atoms. The summed E-state index contributed by atoms with van der Waals surface area (Å²) < 4.78 is 0.